The van der Waals surface area contributed by atoms with E-state index in [2.05, 4.69) is 5.32 Å². The second-order valence-corrected chi connectivity index (χ2v) is 9.33. The molecular formula is C25H28N2O5S. The summed E-state index contributed by atoms with van der Waals surface area (Å²) < 4.78 is 38.6. The normalized spacial score (nSPS) is 11.0. The summed E-state index contributed by atoms with van der Waals surface area (Å²) in [5, 5.41) is 2.73. The average Bonchev–Trinajstić information content (AvgIpc) is 2.83. The molecule has 174 valence electrons. The van der Waals surface area contributed by atoms with Gasteiger partial charge in [0.25, 0.3) is 10.0 Å². The van der Waals surface area contributed by atoms with Gasteiger partial charge < -0.3 is 14.8 Å². The van der Waals surface area contributed by atoms with Gasteiger partial charge in [-0.3, -0.25) is 9.10 Å². The molecule has 0 saturated heterocycles. The number of methoxy groups -OCH3 is 1. The lowest BCUT2D eigenvalue weighted by Crippen LogP contribution is -2.41. The molecule has 0 heterocycles. The fraction of sp³-hybridized carbons (Fsp3) is 0.240. The number of amides is 1. The van der Waals surface area contributed by atoms with E-state index in [1.807, 2.05) is 32.0 Å². The van der Waals surface area contributed by atoms with Crippen molar-refractivity contribution in [2.45, 2.75) is 18.7 Å². The van der Waals surface area contributed by atoms with Crippen molar-refractivity contribution in [2.24, 2.45) is 0 Å². The number of carbonyl (C=O) groups excluding carboxylic acids is 1. The summed E-state index contributed by atoms with van der Waals surface area (Å²) >= 11 is 0. The Labute approximate surface area is 195 Å². The molecule has 0 aliphatic heterocycles. The third kappa shape index (κ3) is 6.26. The van der Waals surface area contributed by atoms with Crippen LogP contribution in [-0.2, 0) is 14.8 Å². The first-order valence-corrected chi connectivity index (χ1v) is 11.9. The smallest absolute Gasteiger partial charge is 0.264 e. The van der Waals surface area contributed by atoms with Crippen LogP contribution >= 0.6 is 0 Å². The van der Waals surface area contributed by atoms with Gasteiger partial charge in [-0.25, -0.2) is 8.42 Å². The van der Waals surface area contributed by atoms with Crippen molar-refractivity contribution < 1.29 is 22.7 Å². The molecule has 8 heteroatoms. The van der Waals surface area contributed by atoms with Crippen LogP contribution in [0.15, 0.2) is 77.7 Å². The molecule has 3 rings (SSSR count). The molecule has 0 aliphatic carbocycles. The minimum absolute atomic E-state index is 0.0960. The second-order valence-electron chi connectivity index (χ2n) is 7.47. The summed E-state index contributed by atoms with van der Waals surface area (Å²) in [4.78, 5) is 12.8. The second kappa shape index (κ2) is 10.9. The van der Waals surface area contributed by atoms with Gasteiger partial charge in [-0.1, -0.05) is 30.3 Å². The van der Waals surface area contributed by atoms with Crippen molar-refractivity contribution in [3.05, 3.63) is 83.9 Å². The van der Waals surface area contributed by atoms with Gasteiger partial charge in [0, 0.05) is 6.07 Å². The lowest BCUT2D eigenvalue weighted by atomic mass is 10.1. The van der Waals surface area contributed by atoms with Crippen molar-refractivity contribution in [2.75, 3.05) is 31.1 Å². The Bertz CT molecular complexity index is 1200. The zero-order valence-electron chi connectivity index (χ0n) is 18.9. The third-order valence-corrected chi connectivity index (χ3v) is 6.92. The number of ether oxygens (including phenoxy) is 2. The van der Waals surface area contributed by atoms with Crippen LogP contribution in [0, 0.1) is 13.8 Å². The van der Waals surface area contributed by atoms with Gasteiger partial charge in [0.1, 0.15) is 24.7 Å². The summed E-state index contributed by atoms with van der Waals surface area (Å²) in [5.41, 5.74) is 2.63. The van der Waals surface area contributed by atoms with Gasteiger partial charge >= 0.3 is 0 Å². The van der Waals surface area contributed by atoms with Crippen LogP contribution in [0.2, 0.25) is 0 Å². The molecule has 3 aromatic rings. The van der Waals surface area contributed by atoms with Crippen molar-refractivity contribution in [1.82, 2.24) is 5.32 Å². The van der Waals surface area contributed by atoms with E-state index in [9.17, 15) is 13.2 Å². The van der Waals surface area contributed by atoms with Crippen LogP contribution in [-0.4, -0.2) is 41.1 Å². The van der Waals surface area contributed by atoms with Gasteiger partial charge in [-0.15, -0.1) is 0 Å². The third-order valence-electron chi connectivity index (χ3n) is 5.13. The molecule has 3 aromatic carbocycles. The molecule has 7 nitrogen and oxygen atoms in total. The minimum atomic E-state index is -3.97. The number of hydrogen-bond acceptors (Lipinski definition) is 5. The molecule has 1 amide bonds. The number of hydrogen-bond donors (Lipinski definition) is 1. The molecular weight excluding hydrogens is 440 g/mol. The minimum Gasteiger partial charge on any atom is -0.497 e. The van der Waals surface area contributed by atoms with E-state index in [1.165, 1.54) is 24.8 Å². The first-order chi connectivity index (χ1) is 15.8. The standard InChI is InChI=1S/C25H28N2O5S/c1-19-12-13-23(16-20(19)2)32-15-14-26-25(28)18-27(21-8-7-9-22(17-21)31-3)33(29,30)24-10-5-4-6-11-24/h4-13,16-17H,14-15,18H2,1-3H3,(H,26,28). The van der Waals surface area contributed by atoms with E-state index >= 15 is 0 Å². The van der Waals surface area contributed by atoms with Crippen LogP contribution in [0.4, 0.5) is 5.69 Å². The molecule has 0 unspecified atom stereocenters. The molecule has 0 fully saturated rings. The van der Waals surface area contributed by atoms with Crippen molar-refractivity contribution in [1.29, 1.82) is 0 Å². The van der Waals surface area contributed by atoms with Crippen LogP contribution in [0.3, 0.4) is 0 Å². The number of rotatable bonds is 10. The zero-order valence-corrected chi connectivity index (χ0v) is 19.8. The SMILES string of the molecule is COc1cccc(N(CC(=O)NCCOc2ccc(C)c(C)c2)S(=O)(=O)c2ccccc2)c1. The summed E-state index contributed by atoms with van der Waals surface area (Å²) in [6.07, 6.45) is 0. The Morgan fingerprint density at radius 1 is 0.909 bits per heavy atom. The monoisotopic (exact) mass is 468 g/mol. The fourth-order valence-electron chi connectivity index (χ4n) is 3.15. The summed E-state index contributed by atoms with van der Waals surface area (Å²) in [6, 6.07) is 20.4. The summed E-state index contributed by atoms with van der Waals surface area (Å²) in [6.45, 7) is 4.15. The molecule has 0 saturated carbocycles. The number of benzene rings is 3. The summed E-state index contributed by atoms with van der Waals surface area (Å²) in [7, 11) is -2.47. The van der Waals surface area contributed by atoms with Crippen LogP contribution in [0.25, 0.3) is 0 Å². The van der Waals surface area contributed by atoms with Crippen molar-refractivity contribution in [3.8, 4) is 11.5 Å². The van der Waals surface area contributed by atoms with Gasteiger partial charge in [0.05, 0.1) is 24.2 Å². The quantitative estimate of drug-likeness (QED) is 0.459. The first kappa shape index (κ1) is 24.1. The fourth-order valence-corrected chi connectivity index (χ4v) is 4.58. The zero-order chi connectivity index (χ0) is 23.8. The van der Waals surface area contributed by atoms with Crippen LogP contribution in [0.1, 0.15) is 11.1 Å². The molecule has 0 spiro atoms. The highest BCUT2D eigenvalue weighted by molar-refractivity contribution is 7.92. The number of aryl methyl sites for hydroxylation is 2. The molecule has 33 heavy (non-hydrogen) atoms. The molecule has 0 atom stereocenters. The Morgan fingerprint density at radius 3 is 2.36 bits per heavy atom. The Kier molecular flexibility index (Phi) is 7.95. The highest BCUT2D eigenvalue weighted by Crippen LogP contribution is 2.26. The van der Waals surface area contributed by atoms with E-state index in [0.29, 0.717) is 11.4 Å². The highest BCUT2D eigenvalue weighted by atomic mass is 32.2. The van der Waals surface area contributed by atoms with Gasteiger partial charge in [0.15, 0.2) is 0 Å². The van der Waals surface area contributed by atoms with E-state index < -0.39 is 15.9 Å². The predicted octanol–water partition coefficient (Wildman–Crippen LogP) is 3.70. The number of anilines is 1. The van der Waals surface area contributed by atoms with Gasteiger partial charge in [-0.2, -0.15) is 0 Å². The highest BCUT2D eigenvalue weighted by Gasteiger charge is 2.27. The Morgan fingerprint density at radius 2 is 1.67 bits per heavy atom. The maximum absolute atomic E-state index is 13.3. The maximum Gasteiger partial charge on any atom is 0.264 e. The van der Waals surface area contributed by atoms with E-state index in [0.717, 1.165) is 15.6 Å². The Hall–Kier alpha value is -3.52. The number of nitrogens with zero attached hydrogens (tertiary/aromatic N) is 1. The van der Waals surface area contributed by atoms with Crippen molar-refractivity contribution >= 4 is 21.6 Å². The summed E-state index contributed by atoms with van der Waals surface area (Å²) in [5.74, 6) is 0.765. The lowest BCUT2D eigenvalue weighted by Gasteiger charge is -2.24. The number of nitrogens with one attached hydrogen (secondary N) is 1. The number of carbonyl (C=O) groups is 1. The predicted molar refractivity (Wildman–Crippen MR) is 128 cm³/mol. The first-order valence-electron chi connectivity index (χ1n) is 10.5. The van der Waals surface area contributed by atoms with E-state index in [-0.39, 0.29) is 24.6 Å². The largest absolute Gasteiger partial charge is 0.497 e. The maximum atomic E-state index is 13.3. The molecule has 1 N–H and O–H groups in total. The molecule has 0 bridgehead atoms. The van der Waals surface area contributed by atoms with E-state index in [4.69, 9.17) is 9.47 Å². The van der Waals surface area contributed by atoms with E-state index in [1.54, 1.807) is 42.5 Å². The Balaban J connectivity index is 1.70. The molecule has 0 aliphatic rings. The van der Waals surface area contributed by atoms with Crippen LogP contribution < -0.4 is 19.1 Å². The lowest BCUT2D eigenvalue weighted by molar-refractivity contribution is -0.119. The van der Waals surface area contributed by atoms with Gasteiger partial charge in [-0.05, 0) is 61.4 Å². The van der Waals surface area contributed by atoms with Crippen LogP contribution in [0.5, 0.6) is 11.5 Å². The molecule has 0 aromatic heterocycles. The van der Waals surface area contributed by atoms with Crippen molar-refractivity contribution in [3.63, 3.8) is 0 Å². The average molecular weight is 469 g/mol. The molecule has 0 radical (unpaired) electrons. The topological polar surface area (TPSA) is 84.9 Å². The van der Waals surface area contributed by atoms with Gasteiger partial charge in [0.2, 0.25) is 5.91 Å². The number of sulfonamides is 1.